The minimum absolute atomic E-state index is 0.426. The molecular formula is C12H23N3O. The summed E-state index contributed by atoms with van der Waals surface area (Å²) in [4.78, 5) is 0. The van der Waals surface area contributed by atoms with Crippen molar-refractivity contribution in [3.63, 3.8) is 0 Å². The van der Waals surface area contributed by atoms with Crippen molar-refractivity contribution in [1.82, 2.24) is 15.5 Å². The third kappa shape index (κ3) is 3.93. The van der Waals surface area contributed by atoms with Gasteiger partial charge in [-0.1, -0.05) is 20.8 Å². The maximum atomic E-state index is 5.66. The molecule has 0 fully saturated rings. The minimum atomic E-state index is 0.426. The lowest BCUT2D eigenvalue weighted by molar-refractivity contribution is 0.400. The van der Waals surface area contributed by atoms with Gasteiger partial charge in [-0.2, -0.15) is 0 Å². The van der Waals surface area contributed by atoms with Crippen molar-refractivity contribution in [3.05, 3.63) is 11.8 Å². The van der Waals surface area contributed by atoms with Gasteiger partial charge in [-0.15, -0.1) is 10.2 Å². The first kappa shape index (κ1) is 13.2. The quantitative estimate of drug-likeness (QED) is 0.691. The van der Waals surface area contributed by atoms with Crippen LogP contribution in [0.3, 0.4) is 0 Å². The van der Waals surface area contributed by atoms with Gasteiger partial charge in [0, 0.05) is 12.3 Å². The molecule has 0 amide bonds. The highest BCUT2D eigenvalue weighted by Gasteiger charge is 2.14. The minimum Gasteiger partial charge on any atom is -0.425 e. The molecule has 0 aliphatic carbocycles. The number of hydrogen-bond acceptors (Lipinski definition) is 4. The van der Waals surface area contributed by atoms with Crippen LogP contribution in [0.1, 0.15) is 57.7 Å². The highest BCUT2D eigenvalue weighted by atomic mass is 16.4. The number of hydrogen-bond donors (Lipinski definition) is 1. The van der Waals surface area contributed by atoms with Crippen LogP contribution in [0.5, 0.6) is 0 Å². The fourth-order valence-electron chi connectivity index (χ4n) is 1.71. The molecule has 1 heterocycles. The van der Waals surface area contributed by atoms with E-state index in [1.165, 1.54) is 0 Å². The molecule has 16 heavy (non-hydrogen) atoms. The summed E-state index contributed by atoms with van der Waals surface area (Å²) in [6.07, 6.45) is 4.06. The Balaban J connectivity index is 2.38. The maximum absolute atomic E-state index is 5.66. The maximum Gasteiger partial charge on any atom is 0.219 e. The van der Waals surface area contributed by atoms with Crippen LogP contribution in [-0.2, 0) is 6.42 Å². The molecule has 0 saturated heterocycles. The first-order chi connectivity index (χ1) is 7.81. The zero-order valence-corrected chi connectivity index (χ0v) is 10.6. The fraction of sp³-hybridized carbons (Fsp3) is 0.833. The molecule has 0 aromatic carbocycles. The Morgan fingerprint density at radius 2 is 1.94 bits per heavy atom. The van der Waals surface area contributed by atoms with E-state index in [-0.39, 0.29) is 0 Å². The van der Waals surface area contributed by atoms with Crippen molar-refractivity contribution in [3.8, 4) is 0 Å². The average molecular weight is 225 g/mol. The van der Waals surface area contributed by atoms with Crippen LogP contribution in [0.4, 0.5) is 0 Å². The van der Waals surface area contributed by atoms with Crippen molar-refractivity contribution < 1.29 is 4.42 Å². The Hall–Kier alpha value is -0.900. The molecule has 4 nitrogen and oxygen atoms in total. The normalized spacial score (nSPS) is 11.2. The van der Waals surface area contributed by atoms with Gasteiger partial charge in [0.25, 0.3) is 0 Å². The fourth-order valence-corrected chi connectivity index (χ4v) is 1.71. The Morgan fingerprint density at radius 1 is 1.19 bits per heavy atom. The van der Waals surface area contributed by atoms with E-state index in [0.29, 0.717) is 5.92 Å². The highest BCUT2D eigenvalue weighted by molar-refractivity contribution is 4.90. The van der Waals surface area contributed by atoms with Gasteiger partial charge in [0.2, 0.25) is 11.8 Å². The summed E-state index contributed by atoms with van der Waals surface area (Å²) >= 11 is 0. The average Bonchev–Trinajstić information content (AvgIpc) is 2.75. The second-order valence-corrected chi connectivity index (χ2v) is 4.00. The van der Waals surface area contributed by atoms with Gasteiger partial charge < -0.3 is 9.73 Å². The van der Waals surface area contributed by atoms with Crippen molar-refractivity contribution in [2.75, 3.05) is 13.1 Å². The zero-order valence-electron chi connectivity index (χ0n) is 10.6. The van der Waals surface area contributed by atoms with Crippen LogP contribution in [0.25, 0.3) is 0 Å². The van der Waals surface area contributed by atoms with Crippen LogP contribution in [0.15, 0.2) is 4.42 Å². The molecule has 1 rings (SSSR count). The molecule has 0 atom stereocenters. The predicted octanol–water partition coefficient (Wildman–Crippen LogP) is 2.52. The van der Waals surface area contributed by atoms with E-state index in [9.17, 15) is 0 Å². The summed E-state index contributed by atoms with van der Waals surface area (Å²) < 4.78 is 5.66. The molecule has 0 aliphatic heterocycles. The van der Waals surface area contributed by atoms with E-state index in [0.717, 1.165) is 50.6 Å². The predicted molar refractivity (Wildman–Crippen MR) is 64.5 cm³/mol. The van der Waals surface area contributed by atoms with Crippen LogP contribution in [0.2, 0.25) is 0 Å². The van der Waals surface area contributed by atoms with Crippen molar-refractivity contribution in [2.45, 2.75) is 52.4 Å². The van der Waals surface area contributed by atoms with Crippen molar-refractivity contribution >= 4 is 0 Å². The van der Waals surface area contributed by atoms with E-state index < -0.39 is 0 Å². The summed E-state index contributed by atoms with van der Waals surface area (Å²) in [5, 5.41) is 11.5. The lowest BCUT2D eigenvalue weighted by Crippen LogP contribution is -2.14. The summed E-state index contributed by atoms with van der Waals surface area (Å²) in [6.45, 7) is 8.45. The third-order valence-electron chi connectivity index (χ3n) is 2.81. The molecule has 0 unspecified atom stereocenters. The smallest absolute Gasteiger partial charge is 0.219 e. The van der Waals surface area contributed by atoms with E-state index in [4.69, 9.17) is 4.42 Å². The summed E-state index contributed by atoms with van der Waals surface area (Å²) in [7, 11) is 0. The molecule has 0 bridgehead atoms. The monoisotopic (exact) mass is 225 g/mol. The summed E-state index contributed by atoms with van der Waals surface area (Å²) in [5.41, 5.74) is 0. The Kier molecular flexibility index (Phi) is 6.08. The number of aryl methyl sites for hydroxylation is 1. The molecular weight excluding hydrogens is 202 g/mol. The van der Waals surface area contributed by atoms with E-state index in [1.807, 2.05) is 0 Å². The van der Waals surface area contributed by atoms with Crippen LogP contribution in [0, 0.1) is 0 Å². The van der Waals surface area contributed by atoms with E-state index in [1.54, 1.807) is 0 Å². The van der Waals surface area contributed by atoms with Gasteiger partial charge in [-0.05, 0) is 32.4 Å². The Labute approximate surface area is 97.8 Å². The largest absolute Gasteiger partial charge is 0.425 e. The topological polar surface area (TPSA) is 51.0 Å². The summed E-state index contributed by atoms with van der Waals surface area (Å²) in [5.74, 6) is 2.01. The standard InChI is InChI=1S/C12H23N3O/c1-4-10(5-2)12-15-14-11(16-12)8-7-9-13-6-3/h10,13H,4-9H2,1-3H3. The molecule has 1 aromatic heterocycles. The van der Waals surface area contributed by atoms with Gasteiger partial charge in [-0.3, -0.25) is 0 Å². The molecule has 0 spiro atoms. The molecule has 4 heteroatoms. The van der Waals surface area contributed by atoms with Crippen LogP contribution in [-0.4, -0.2) is 23.3 Å². The van der Waals surface area contributed by atoms with Gasteiger partial charge in [-0.25, -0.2) is 0 Å². The first-order valence-electron chi connectivity index (χ1n) is 6.34. The molecule has 1 N–H and O–H groups in total. The zero-order chi connectivity index (χ0) is 11.8. The first-order valence-corrected chi connectivity index (χ1v) is 6.34. The lowest BCUT2D eigenvalue weighted by Gasteiger charge is -2.04. The molecule has 92 valence electrons. The highest BCUT2D eigenvalue weighted by Crippen LogP contribution is 2.21. The molecule has 0 saturated carbocycles. The van der Waals surface area contributed by atoms with Gasteiger partial charge >= 0.3 is 0 Å². The van der Waals surface area contributed by atoms with Gasteiger partial charge in [0.05, 0.1) is 0 Å². The van der Waals surface area contributed by atoms with Crippen LogP contribution >= 0.6 is 0 Å². The van der Waals surface area contributed by atoms with Crippen molar-refractivity contribution in [1.29, 1.82) is 0 Å². The number of nitrogens with one attached hydrogen (secondary N) is 1. The Bertz CT molecular complexity index is 282. The molecule has 0 aliphatic rings. The number of rotatable bonds is 8. The second kappa shape index (κ2) is 7.39. The third-order valence-corrected chi connectivity index (χ3v) is 2.81. The number of aromatic nitrogens is 2. The Morgan fingerprint density at radius 3 is 2.56 bits per heavy atom. The van der Waals surface area contributed by atoms with Gasteiger partial charge in [0.1, 0.15) is 0 Å². The SMILES string of the molecule is CCNCCCc1nnc(C(CC)CC)o1. The van der Waals surface area contributed by atoms with E-state index >= 15 is 0 Å². The van der Waals surface area contributed by atoms with E-state index in [2.05, 4.69) is 36.3 Å². The molecule has 0 radical (unpaired) electrons. The lowest BCUT2D eigenvalue weighted by atomic mass is 10.0. The number of nitrogens with zero attached hydrogens (tertiary/aromatic N) is 2. The summed E-state index contributed by atoms with van der Waals surface area (Å²) in [6, 6.07) is 0. The van der Waals surface area contributed by atoms with Crippen molar-refractivity contribution in [2.24, 2.45) is 0 Å². The molecule has 1 aromatic rings. The van der Waals surface area contributed by atoms with Gasteiger partial charge in [0.15, 0.2) is 0 Å². The van der Waals surface area contributed by atoms with Crippen LogP contribution < -0.4 is 5.32 Å². The second-order valence-electron chi connectivity index (χ2n) is 4.00.